The minimum absolute atomic E-state index is 0.0363. The molecule has 0 amide bonds. The number of hydrogen-bond donors (Lipinski definition) is 3. The van der Waals surface area contributed by atoms with Crippen molar-refractivity contribution in [3.05, 3.63) is 29.3 Å². The molecule has 3 N–H and O–H groups in total. The normalized spacial score (nSPS) is 22.1. The Hall–Kier alpha value is -2.02. The molecule has 1 unspecified atom stereocenters. The molecule has 1 aliphatic heterocycles. The fraction of sp³-hybridized carbons (Fsp3) is 0.250. The SMILES string of the molecule is CC1(C(=O)O)CSC(c2ccc(C(=O)O)cc2O)=N1. The molecule has 1 aliphatic rings. The number of nitrogens with zero attached hydrogens (tertiary/aromatic N) is 1. The van der Waals surface area contributed by atoms with Crippen LogP contribution in [-0.2, 0) is 4.79 Å². The molecule has 0 aromatic heterocycles. The highest BCUT2D eigenvalue weighted by molar-refractivity contribution is 8.14. The third-order valence-electron chi connectivity index (χ3n) is 2.77. The molecule has 1 aromatic carbocycles. The Morgan fingerprint density at radius 3 is 2.53 bits per heavy atom. The minimum atomic E-state index is -1.21. The number of carboxylic acids is 2. The first-order chi connectivity index (χ1) is 8.83. The zero-order valence-corrected chi connectivity index (χ0v) is 10.8. The Morgan fingerprint density at radius 1 is 1.37 bits per heavy atom. The summed E-state index contributed by atoms with van der Waals surface area (Å²) in [6.45, 7) is 1.50. The summed E-state index contributed by atoms with van der Waals surface area (Å²) in [5.74, 6) is -2.12. The molecule has 19 heavy (non-hydrogen) atoms. The number of aliphatic carboxylic acids is 1. The first kappa shape index (κ1) is 13.4. The topological polar surface area (TPSA) is 107 Å². The van der Waals surface area contributed by atoms with Gasteiger partial charge in [-0.05, 0) is 25.1 Å². The lowest BCUT2D eigenvalue weighted by Crippen LogP contribution is -2.33. The smallest absolute Gasteiger partial charge is 0.335 e. The first-order valence-electron chi connectivity index (χ1n) is 5.36. The van der Waals surface area contributed by atoms with Gasteiger partial charge in [0.1, 0.15) is 10.8 Å². The van der Waals surface area contributed by atoms with E-state index in [-0.39, 0.29) is 17.1 Å². The van der Waals surface area contributed by atoms with E-state index in [0.29, 0.717) is 10.6 Å². The molecule has 7 heteroatoms. The van der Waals surface area contributed by atoms with E-state index in [4.69, 9.17) is 10.2 Å². The van der Waals surface area contributed by atoms with E-state index in [1.165, 1.54) is 30.8 Å². The molecule has 100 valence electrons. The summed E-state index contributed by atoms with van der Waals surface area (Å²) >= 11 is 1.22. The summed E-state index contributed by atoms with van der Waals surface area (Å²) in [6.07, 6.45) is 0. The molecule has 0 spiro atoms. The highest BCUT2D eigenvalue weighted by Gasteiger charge is 2.39. The molecule has 0 aliphatic carbocycles. The molecular weight excluding hydrogens is 270 g/mol. The van der Waals surface area contributed by atoms with Crippen LogP contribution >= 0.6 is 11.8 Å². The van der Waals surface area contributed by atoms with Crippen molar-refractivity contribution in [2.75, 3.05) is 5.75 Å². The molecule has 1 heterocycles. The molecule has 0 fully saturated rings. The Morgan fingerprint density at radius 2 is 2.05 bits per heavy atom. The average molecular weight is 281 g/mol. The predicted molar refractivity (Wildman–Crippen MR) is 70.1 cm³/mol. The maximum absolute atomic E-state index is 11.1. The van der Waals surface area contributed by atoms with Crippen LogP contribution in [0.4, 0.5) is 0 Å². The lowest BCUT2D eigenvalue weighted by atomic mass is 10.1. The van der Waals surface area contributed by atoms with E-state index in [0.717, 1.165) is 6.07 Å². The molecule has 0 radical (unpaired) electrons. The van der Waals surface area contributed by atoms with Crippen LogP contribution in [0.5, 0.6) is 5.75 Å². The Balaban J connectivity index is 2.39. The summed E-state index contributed by atoms with van der Waals surface area (Å²) in [7, 11) is 0. The van der Waals surface area contributed by atoms with Crippen LogP contribution in [0.15, 0.2) is 23.2 Å². The number of aliphatic imine (C=N–C) groups is 1. The highest BCUT2D eigenvalue weighted by atomic mass is 32.2. The van der Waals surface area contributed by atoms with Gasteiger partial charge in [0.25, 0.3) is 0 Å². The van der Waals surface area contributed by atoms with Gasteiger partial charge in [0.05, 0.1) is 5.56 Å². The first-order valence-corrected chi connectivity index (χ1v) is 6.35. The number of thioether (sulfide) groups is 1. The lowest BCUT2D eigenvalue weighted by Gasteiger charge is -2.11. The van der Waals surface area contributed by atoms with Crippen molar-refractivity contribution in [2.45, 2.75) is 12.5 Å². The van der Waals surface area contributed by atoms with Crippen LogP contribution in [0.25, 0.3) is 0 Å². The van der Waals surface area contributed by atoms with Crippen molar-refractivity contribution in [1.82, 2.24) is 0 Å². The van der Waals surface area contributed by atoms with Crippen LogP contribution in [-0.4, -0.2) is 43.6 Å². The van der Waals surface area contributed by atoms with Gasteiger partial charge in [-0.2, -0.15) is 0 Å². The number of aromatic hydroxyl groups is 1. The predicted octanol–water partition coefficient (Wildman–Crippen LogP) is 1.43. The zero-order valence-electron chi connectivity index (χ0n) is 9.95. The monoisotopic (exact) mass is 281 g/mol. The number of phenolic OH excluding ortho intramolecular Hbond substituents is 1. The molecule has 1 aromatic rings. The van der Waals surface area contributed by atoms with Crippen molar-refractivity contribution in [3.8, 4) is 5.75 Å². The van der Waals surface area contributed by atoms with Crippen molar-refractivity contribution in [2.24, 2.45) is 4.99 Å². The number of aromatic carboxylic acids is 1. The molecule has 0 saturated carbocycles. The lowest BCUT2D eigenvalue weighted by molar-refractivity contribution is -0.141. The second kappa shape index (κ2) is 4.58. The standard InChI is InChI=1S/C12H11NO5S/c1-12(11(17)18)5-19-9(13-12)7-3-2-6(10(15)16)4-8(7)14/h2-4,14H,5H2,1H3,(H,15,16)(H,17,18). The van der Waals surface area contributed by atoms with Gasteiger partial charge in [-0.1, -0.05) is 0 Å². The van der Waals surface area contributed by atoms with Crippen molar-refractivity contribution < 1.29 is 24.9 Å². The molecule has 1 atom stereocenters. The number of phenols is 1. The van der Waals surface area contributed by atoms with E-state index in [9.17, 15) is 14.7 Å². The van der Waals surface area contributed by atoms with Gasteiger partial charge in [-0.3, -0.25) is 4.99 Å². The summed E-state index contributed by atoms with van der Waals surface area (Å²) < 4.78 is 0. The highest BCUT2D eigenvalue weighted by Crippen LogP contribution is 2.34. The van der Waals surface area contributed by atoms with Crippen LogP contribution in [0, 0.1) is 0 Å². The molecule has 2 rings (SSSR count). The second-order valence-electron chi connectivity index (χ2n) is 4.32. The maximum Gasteiger partial charge on any atom is 0.335 e. The van der Waals surface area contributed by atoms with Gasteiger partial charge < -0.3 is 15.3 Å². The number of rotatable bonds is 3. The quantitative estimate of drug-likeness (QED) is 0.773. The average Bonchev–Trinajstić information content (AvgIpc) is 2.73. The molecule has 6 nitrogen and oxygen atoms in total. The van der Waals surface area contributed by atoms with Gasteiger partial charge >= 0.3 is 11.9 Å². The molecule has 0 bridgehead atoms. The van der Waals surface area contributed by atoms with Gasteiger partial charge in [0.15, 0.2) is 5.54 Å². The van der Waals surface area contributed by atoms with E-state index in [1.807, 2.05) is 0 Å². The molecule has 0 saturated heterocycles. The number of hydrogen-bond acceptors (Lipinski definition) is 5. The Bertz CT molecular complexity index is 598. The van der Waals surface area contributed by atoms with Gasteiger partial charge in [-0.25, -0.2) is 9.59 Å². The maximum atomic E-state index is 11.1. The summed E-state index contributed by atoms with van der Waals surface area (Å²) in [4.78, 5) is 25.9. The molecular formula is C12H11NO5S. The van der Waals surface area contributed by atoms with E-state index in [1.54, 1.807) is 0 Å². The Kier molecular flexibility index (Phi) is 3.23. The van der Waals surface area contributed by atoms with E-state index >= 15 is 0 Å². The van der Waals surface area contributed by atoms with Crippen molar-refractivity contribution in [1.29, 1.82) is 0 Å². The largest absolute Gasteiger partial charge is 0.507 e. The Labute approximate surface area is 112 Å². The summed E-state index contributed by atoms with van der Waals surface area (Å²) in [5, 5.41) is 28.1. The van der Waals surface area contributed by atoms with Crippen LogP contribution < -0.4 is 0 Å². The van der Waals surface area contributed by atoms with Crippen LogP contribution in [0.1, 0.15) is 22.8 Å². The van der Waals surface area contributed by atoms with Gasteiger partial charge in [0, 0.05) is 11.3 Å². The third kappa shape index (κ3) is 2.41. The van der Waals surface area contributed by atoms with E-state index in [2.05, 4.69) is 4.99 Å². The van der Waals surface area contributed by atoms with Gasteiger partial charge in [0.2, 0.25) is 0 Å². The fourth-order valence-corrected chi connectivity index (χ4v) is 2.79. The number of carbonyl (C=O) groups is 2. The number of carboxylic acid groups (broad SMARTS) is 2. The third-order valence-corrected chi connectivity index (χ3v) is 4.07. The van der Waals surface area contributed by atoms with Crippen molar-refractivity contribution in [3.63, 3.8) is 0 Å². The summed E-state index contributed by atoms with van der Waals surface area (Å²) in [6, 6.07) is 3.90. The van der Waals surface area contributed by atoms with Crippen LogP contribution in [0.2, 0.25) is 0 Å². The summed E-state index contributed by atoms with van der Waals surface area (Å²) in [5.41, 5.74) is -0.899. The minimum Gasteiger partial charge on any atom is -0.507 e. The fourth-order valence-electron chi connectivity index (χ4n) is 1.59. The zero-order chi connectivity index (χ0) is 14.2. The van der Waals surface area contributed by atoms with Crippen molar-refractivity contribution >= 4 is 28.7 Å². The second-order valence-corrected chi connectivity index (χ2v) is 5.29. The number of benzene rings is 1. The van der Waals surface area contributed by atoms with Gasteiger partial charge in [-0.15, -0.1) is 11.8 Å². The van der Waals surface area contributed by atoms with E-state index < -0.39 is 17.5 Å². The van der Waals surface area contributed by atoms with Crippen LogP contribution in [0.3, 0.4) is 0 Å².